The lowest BCUT2D eigenvalue weighted by molar-refractivity contribution is 0.0770. The van der Waals surface area contributed by atoms with Crippen LogP contribution in [0.25, 0.3) is 11.0 Å². The highest BCUT2D eigenvalue weighted by Crippen LogP contribution is 2.63. The molecule has 6 rings (SSSR count). The zero-order chi connectivity index (χ0) is 25.8. The molecule has 1 spiro atoms. The summed E-state index contributed by atoms with van der Waals surface area (Å²) < 4.78 is 30.9. The third kappa shape index (κ3) is 4.70. The molecule has 11 nitrogen and oxygen atoms in total. The molecule has 3 aliphatic rings. The molecule has 3 N–H and O–H groups in total. The number of nitrogens with one attached hydrogen (secondary N) is 1. The molecular weight excluding hydrogens is 494 g/mol. The molecule has 0 atom stereocenters. The lowest BCUT2D eigenvalue weighted by Gasteiger charge is -2.36. The van der Waals surface area contributed by atoms with E-state index >= 15 is 0 Å². The van der Waals surface area contributed by atoms with Crippen molar-refractivity contribution >= 4 is 38.5 Å². The Bertz CT molecular complexity index is 1460. The number of methoxy groups -OCH3 is 1. The zero-order valence-electron chi connectivity index (χ0n) is 20.8. The van der Waals surface area contributed by atoms with E-state index in [1.165, 1.54) is 25.7 Å². The highest BCUT2D eigenvalue weighted by atomic mass is 32.2. The summed E-state index contributed by atoms with van der Waals surface area (Å²) >= 11 is 0. The summed E-state index contributed by atoms with van der Waals surface area (Å²) in [5.74, 6) is 1.85. The van der Waals surface area contributed by atoms with E-state index in [1.54, 1.807) is 30.3 Å². The van der Waals surface area contributed by atoms with Crippen LogP contribution in [0.2, 0.25) is 0 Å². The molecule has 0 unspecified atom stereocenters. The number of sulfone groups is 1. The van der Waals surface area contributed by atoms with Crippen LogP contribution in [0.3, 0.4) is 0 Å². The molecule has 2 aromatic heterocycles. The molecule has 1 saturated heterocycles. The second-order valence-corrected chi connectivity index (χ2v) is 12.9. The molecule has 1 aliphatic heterocycles. The first kappa shape index (κ1) is 24.0. The maximum Gasteiger partial charge on any atom is 0.254 e. The van der Waals surface area contributed by atoms with Gasteiger partial charge in [0.25, 0.3) is 5.91 Å². The van der Waals surface area contributed by atoms with Gasteiger partial charge in [0.1, 0.15) is 16.8 Å². The van der Waals surface area contributed by atoms with Gasteiger partial charge in [0, 0.05) is 30.8 Å². The van der Waals surface area contributed by atoms with Crippen molar-refractivity contribution in [3.8, 4) is 5.75 Å². The highest BCUT2D eigenvalue weighted by Gasteiger charge is 2.52. The Morgan fingerprint density at radius 3 is 2.68 bits per heavy atom. The Kier molecular flexibility index (Phi) is 5.74. The van der Waals surface area contributed by atoms with Crippen LogP contribution in [0.1, 0.15) is 41.6 Å². The van der Waals surface area contributed by atoms with Gasteiger partial charge in [0.2, 0.25) is 5.95 Å². The molecule has 3 aromatic rings. The first-order valence-corrected chi connectivity index (χ1v) is 14.5. The number of aromatic nitrogens is 4. The number of carbonyl (C=O) groups is 1. The van der Waals surface area contributed by atoms with Gasteiger partial charge in [-0.05, 0) is 49.1 Å². The van der Waals surface area contributed by atoms with E-state index in [0.717, 1.165) is 17.6 Å². The maximum atomic E-state index is 13.0. The molecule has 3 heterocycles. The molecular formula is C25H31N7O4S. The predicted octanol–water partition coefficient (Wildman–Crippen LogP) is 1.94. The number of ether oxygens (including phenoxy) is 1. The van der Waals surface area contributed by atoms with Crippen molar-refractivity contribution in [2.75, 3.05) is 49.3 Å². The lowest BCUT2D eigenvalue weighted by Crippen LogP contribution is -2.43. The Labute approximate surface area is 215 Å². The minimum atomic E-state index is -3.07. The Morgan fingerprint density at radius 2 is 1.97 bits per heavy atom. The van der Waals surface area contributed by atoms with Crippen molar-refractivity contribution in [1.29, 1.82) is 0 Å². The second-order valence-electron chi connectivity index (χ2n) is 10.6. The fraction of sp³-hybridized carbons (Fsp3) is 0.520. The molecule has 2 saturated carbocycles. The average Bonchev–Trinajstić information content (AvgIpc) is 3.56. The molecule has 12 heteroatoms. The molecule has 2 aliphatic carbocycles. The van der Waals surface area contributed by atoms with Crippen LogP contribution in [-0.2, 0) is 16.4 Å². The first-order chi connectivity index (χ1) is 17.7. The van der Waals surface area contributed by atoms with Gasteiger partial charge in [-0.25, -0.2) is 13.4 Å². The number of hydrogen-bond donors (Lipinski definition) is 2. The number of rotatable bonds is 7. The van der Waals surface area contributed by atoms with Crippen LogP contribution in [-0.4, -0.2) is 77.2 Å². The monoisotopic (exact) mass is 525 g/mol. The quantitative estimate of drug-likeness (QED) is 0.472. The van der Waals surface area contributed by atoms with Gasteiger partial charge in [0.05, 0.1) is 31.4 Å². The molecule has 0 bridgehead atoms. The van der Waals surface area contributed by atoms with Gasteiger partial charge in [0.15, 0.2) is 15.7 Å². The zero-order valence-corrected chi connectivity index (χ0v) is 21.6. The van der Waals surface area contributed by atoms with Crippen LogP contribution in [0.4, 0.5) is 11.8 Å². The van der Waals surface area contributed by atoms with E-state index in [4.69, 9.17) is 10.5 Å². The molecule has 196 valence electrons. The number of nitrogen functional groups attached to an aromatic ring is 1. The highest BCUT2D eigenvalue weighted by molar-refractivity contribution is 7.91. The van der Waals surface area contributed by atoms with Crippen LogP contribution in [0, 0.1) is 11.3 Å². The summed E-state index contributed by atoms with van der Waals surface area (Å²) in [6.45, 7) is 1.63. The number of nitrogens with zero attached hydrogens (tertiary/aromatic N) is 5. The van der Waals surface area contributed by atoms with E-state index in [-0.39, 0.29) is 36.5 Å². The first-order valence-electron chi connectivity index (χ1n) is 12.6. The minimum absolute atomic E-state index is 0.00902. The SMILES string of the molecule is COc1cc(C(=O)N2CCS(=O)(=O)CC2)ccc1Cn1ncc2nc(N)nc(NCC3CC4(CC4)C3)c21. The lowest BCUT2D eigenvalue weighted by atomic mass is 9.72. The van der Waals surface area contributed by atoms with Crippen LogP contribution < -0.4 is 15.8 Å². The van der Waals surface area contributed by atoms with Gasteiger partial charge in [-0.1, -0.05) is 6.07 Å². The number of benzene rings is 1. The molecule has 37 heavy (non-hydrogen) atoms. The van der Waals surface area contributed by atoms with E-state index in [9.17, 15) is 13.2 Å². The van der Waals surface area contributed by atoms with E-state index in [1.807, 2.05) is 10.7 Å². The van der Waals surface area contributed by atoms with E-state index in [2.05, 4.69) is 20.4 Å². The molecule has 3 fully saturated rings. The summed E-state index contributed by atoms with van der Waals surface area (Å²) in [7, 11) is -1.51. The number of nitrogens with two attached hydrogens (primary N) is 1. The van der Waals surface area contributed by atoms with Gasteiger partial charge in [-0.2, -0.15) is 10.1 Å². The third-order valence-electron chi connectivity index (χ3n) is 7.95. The molecule has 0 radical (unpaired) electrons. The average molecular weight is 526 g/mol. The Morgan fingerprint density at radius 1 is 1.22 bits per heavy atom. The number of carbonyl (C=O) groups excluding carboxylic acids is 1. The standard InChI is InChI=1S/C25H31N7O4S/c1-36-20-10-17(23(33)31-6-8-37(34,35)9-7-31)2-3-18(20)15-32-21-19(14-28-32)29-24(26)30-22(21)27-13-16-11-25(12-16)4-5-25/h2-3,10,14,16H,4-9,11-13,15H2,1H3,(H3,26,27,29,30). The molecule has 1 amide bonds. The number of hydrogen-bond acceptors (Lipinski definition) is 9. The molecule has 1 aromatic carbocycles. The third-order valence-corrected chi connectivity index (χ3v) is 9.56. The van der Waals surface area contributed by atoms with Crippen molar-refractivity contribution in [1.82, 2.24) is 24.6 Å². The van der Waals surface area contributed by atoms with Crippen molar-refractivity contribution in [3.05, 3.63) is 35.5 Å². The van der Waals surface area contributed by atoms with E-state index in [0.29, 0.717) is 40.5 Å². The van der Waals surface area contributed by atoms with E-state index < -0.39 is 9.84 Å². The Balaban J connectivity index is 1.22. The van der Waals surface area contributed by atoms with Gasteiger partial charge >= 0.3 is 0 Å². The number of anilines is 2. The smallest absolute Gasteiger partial charge is 0.254 e. The van der Waals surface area contributed by atoms with Crippen LogP contribution in [0.5, 0.6) is 5.75 Å². The van der Waals surface area contributed by atoms with Gasteiger partial charge in [-0.15, -0.1) is 0 Å². The number of fused-ring (bicyclic) bond motifs is 1. The minimum Gasteiger partial charge on any atom is -0.496 e. The van der Waals surface area contributed by atoms with Crippen LogP contribution in [0.15, 0.2) is 24.4 Å². The summed E-state index contributed by atoms with van der Waals surface area (Å²) in [5, 5.41) is 8.02. The fourth-order valence-electron chi connectivity index (χ4n) is 5.66. The van der Waals surface area contributed by atoms with Gasteiger partial charge in [-0.3, -0.25) is 9.48 Å². The number of amides is 1. The summed E-state index contributed by atoms with van der Waals surface area (Å²) in [6.07, 6.45) is 6.97. The van der Waals surface area contributed by atoms with Gasteiger partial charge < -0.3 is 20.7 Å². The maximum absolute atomic E-state index is 13.0. The predicted molar refractivity (Wildman–Crippen MR) is 139 cm³/mol. The van der Waals surface area contributed by atoms with Crippen LogP contribution >= 0.6 is 0 Å². The van der Waals surface area contributed by atoms with Crippen molar-refractivity contribution < 1.29 is 17.9 Å². The summed E-state index contributed by atoms with van der Waals surface area (Å²) in [5.41, 5.74) is 9.34. The topological polar surface area (TPSA) is 145 Å². The van der Waals surface area contributed by atoms with Crippen molar-refractivity contribution in [2.45, 2.75) is 32.2 Å². The van der Waals surface area contributed by atoms with Crippen molar-refractivity contribution in [3.63, 3.8) is 0 Å². The largest absolute Gasteiger partial charge is 0.496 e. The fourth-order valence-corrected chi connectivity index (χ4v) is 6.86. The van der Waals surface area contributed by atoms with Crippen molar-refractivity contribution in [2.24, 2.45) is 11.3 Å². The summed E-state index contributed by atoms with van der Waals surface area (Å²) in [4.78, 5) is 23.4. The Hall–Kier alpha value is -3.41. The normalized spacial score (nSPS) is 20.1. The second kappa shape index (κ2) is 8.86. The summed E-state index contributed by atoms with van der Waals surface area (Å²) in [6, 6.07) is 5.28.